The lowest BCUT2D eigenvalue weighted by molar-refractivity contribution is 0.620. The zero-order valence-electron chi connectivity index (χ0n) is 13.3. The molecule has 0 bridgehead atoms. The molecule has 1 aromatic carbocycles. The smallest absolute Gasteiger partial charge is 0.269 e. The molecule has 0 spiro atoms. The van der Waals surface area contributed by atoms with Crippen molar-refractivity contribution in [2.75, 3.05) is 5.32 Å². The molecule has 0 saturated carbocycles. The van der Waals surface area contributed by atoms with Crippen LogP contribution in [-0.2, 0) is 19.4 Å². The van der Waals surface area contributed by atoms with E-state index in [9.17, 15) is 9.18 Å². The fourth-order valence-corrected chi connectivity index (χ4v) is 4.11. The van der Waals surface area contributed by atoms with Crippen LogP contribution < -0.4 is 10.9 Å². The van der Waals surface area contributed by atoms with Gasteiger partial charge in [-0.05, 0) is 50.3 Å². The van der Waals surface area contributed by atoms with Crippen LogP contribution in [-0.4, -0.2) is 15.2 Å². The van der Waals surface area contributed by atoms with E-state index < -0.39 is 0 Å². The Balaban J connectivity index is 1.64. The predicted octanol–water partition coefficient (Wildman–Crippen LogP) is 3.32. The molecule has 3 aromatic rings. The summed E-state index contributed by atoms with van der Waals surface area (Å²) in [5, 5.41) is 10.7. The molecule has 0 atom stereocenters. The fourth-order valence-electron chi connectivity index (χ4n) is 3.19. The lowest BCUT2D eigenvalue weighted by Gasteiger charge is -2.17. The molecular formula is C17H17FN4OS. The van der Waals surface area contributed by atoms with E-state index >= 15 is 0 Å². The van der Waals surface area contributed by atoms with Gasteiger partial charge in [0.1, 0.15) is 5.82 Å². The van der Waals surface area contributed by atoms with Gasteiger partial charge >= 0.3 is 0 Å². The Labute approximate surface area is 141 Å². The molecule has 5 nitrogen and oxygen atoms in total. The molecule has 0 aliphatic heterocycles. The number of anilines is 1. The molecular weight excluding hydrogens is 327 g/mol. The van der Waals surface area contributed by atoms with Crippen LogP contribution in [0.25, 0.3) is 10.2 Å². The normalized spacial score (nSPS) is 13.9. The maximum Gasteiger partial charge on any atom is 0.269 e. The molecule has 0 amide bonds. The molecule has 0 fully saturated rings. The fraction of sp³-hybridized carbons (Fsp3) is 0.353. The van der Waals surface area contributed by atoms with Crippen molar-refractivity contribution in [2.24, 2.45) is 0 Å². The van der Waals surface area contributed by atoms with Crippen molar-refractivity contribution < 1.29 is 4.39 Å². The molecule has 7 heteroatoms. The Morgan fingerprint density at radius 3 is 3.04 bits per heavy atom. The van der Waals surface area contributed by atoms with E-state index in [1.165, 1.54) is 17.4 Å². The standard InChI is InChI=1S/C17H17FN4OS/c1-9-12(18)6-7-14-15(9)20-17(24-14)19-8-11-10-4-2-3-5-13(10)21-22-16(11)23/h6-7H,2-5,8H2,1H3,(H,19,20)(H,22,23). The van der Waals surface area contributed by atoms with Crippen LogP contribution in [0.2, 0.25) is 0 Å². The molecule has 2 aromatic heterocycles. The summed E-state index contributed by atoms with van der Waals surface area (Å²) in [5.41, 5.74) is 3.89. The largest absolute Gasteiger partial charge is 0.357 e. The molecule has 2 N–H and O–H groups in total. The van der Waals surface area contributed by atoms with E-state index in [0.29, 0.717) is 22.8 Å². The van der Waals surface area contributed by atoms with E-state index in [2.05, 4.69) is 20.5 Å². The first-order valence-electron chi connectivity index (χ1n) is 8.02. The molecule has 4 rings (SSSR count). The third kappa shape index (κ3) is 2.58. The summed E-state index contributed by atoms with van der Waals surface area (Å²) in [4.78, 5) is 16.6. The van der Waals surface area contributed by atoms with Gasteiger partial charge in [-0.3, -0.25) is 4.79 Å². The first-order valence-corrected chi connectivity index (χ1v) is 8.84. The average molecular weight is 344 g/mol. The highest BCUT2D eigenvalue weighted by Gasteiger charge is 2.18. The van der Waals surface area contributed by atoms with E-state index in [0.717, 1.165) is 47.2 Å². The summed E-state index contributed by atoms with van der Waals surface area (Å²) in [6.45, 7) is 2.13. The number of hydrogen-bond acceptors (Lipinski definition) is 5. The van der Waals surface area contributed by atoms with Crippen LogP contribution in [0.3, 0.4) is 0 Å². The number of rotatable bonds is 3. The van der Waals surface area contributed by atoms with Gasteiger partial charge in [0.05, 0.1) is 15.9 Å². The van der Waals surface area contributed by atoms with Crippen LogP contribution in [0.5, 0.6) is 0 Å². The van der Waals surface area contributed by atoms with Gasteiger partial charge in [0.25, 0.3) is 5.56 Å². The minimum atomic E-state index is -0.251. The lowest BCUT2D eigenvalue weighted by Crippen LogP contribution is -2.24. The molecule has 0 saturated heterocycles. The topological polar surface area (TPSA) is 70.7 Å². The Hall–Kier alpha value is -2.28. The van der Waals surface area contributed by atoms with Crippen LogP contribution in [0.4, 0.5) is 9.52 Å². The maximum atomic E-state index is 13.6. The third-order valence-electron chi connectivity index (χ3n) is 4.53. The van der Waals surface area contributed by atoms with Gasteiger partial charge in [-0.1, -0.05) is 11.3 Å². The monoisotopic (exact) mass is 344 g/mol. The average Bonchev–Trinajstić information content (AvgIpc) is 3.01. The van der Waals surface area contributed by atoms with Crippen molar-refractivity contribution in [3.63, 3.8) is 0 Å². The number of H-pyrrole nitrogens is 1. The molecule has 2 heterocycles. The summed E-state index contributed by atoms with van der Waals surface area (Å²) in [6.07, 6.45) is 4.01. The Morgan fingerprint density at radius 2 is 2.17 bits per heavy atom. The first kappa shape index (κ1) is 15.3. The molecule has 0 radical (unpaired) electrons. The van der Waals surface area contributed by atoms with E-state index in [1.807, 2.05) is 0 Å². The Bertz CT molecular complexity index is 979. The molecule has 24 heavy (non-hydrogen) atoms. The van der Waals surface area contributed by atoms with Crippen molar-refractivity contribution in [3.8, 4) is 0 Å². The summed E-state index contributed by atoms with van der Waals surface area (Å²) >= 11 is 1.47. The Morgan fingerprint density at radius 1 is 1.33 bits per heavy atom. The van der Waals surface area contributed by atoms with E-state index in [4.69, 9.17) is 0 Å². The second kappa shape index (κ2) is 5.98. The highest BCUT2D eigenvalue weighted by Crippen LogP contribution is 2.30. The summed E-state index contributed by atoms with van der Waals surface area (Å²) in [6, 6.07) is 3.20. The van der Waals surface area contributed by atoms with Crippen LogP contribution in [0.15, 0.2) is 16.9 Å². The zero-order chi connectivity index (χ0) is 16.7. The number of aryl methyl sites for hydroxylation is 2. The zero-order valence-corrected chi connectivity index (χ0v) is 14.1. The van der Waals surface area contributed by atoms with Gasteiger partial charge in [-0.2, -0.15) is 5.10 Å². The number of thiazole rings is 1. The second-order valence-corrected chi connectivity index (χ2v) is 7.09. The van der Waals surface area contributed by atoms with Crippen molar-refractivity contribution in [3.05, 3.63) is 50.7 Å². The number of aromatic amines is 1. The molecule has 1 aliphatic rings. The summed E-state index contributed by atoms with van der Waals surface area (Å²) in [7, 11) is 0. The third-order valence-corrected chi connectivity index (χ3v) is 5.51. The van der Waals surface area contributed by atoms with Gasteiger partial charge in [0.15, 0.2) is 5.13 Å². The quantitative estimate of drug-likeness (QED) is 0.765. The van der Waals surface area contributed by atoms with Crippen molar-refractivity contribution in [2.45, 2.75) is 39.2 Å². The highest BCUT2D eigenvalue weighted by molar-refractivity contribution is 7.22. The van der Waals surface area contributed by atoms with Crippen molar-refractivity contribution >= 4 is 26.7 Å². The first-order chi connectivity index (χ1) is 11.6. The van der Waals surface area contributed by atoms with Gasteiger partial charge in [0.2, 0.25) is 0 Å². The van der Waals surface area contributed by atoms with E-state index in [1.54, 1.807) is 13.0 Å². The minimum absolute atomic E-state index is 0.147. The predicted molar refractivity (Wildman–Crippen MR) is 93.1 cm³/mol. The summed E-state index contributed by atoms with van der Waals surface area (Å²) in [5.74, 6) is -0.251. The number of benzene rings is 1. The Kier molecular flexibility index (Phi) is 3.80. The van der Waals surface area contributed by atoms with Crippen LogP contribution in [0, 0.1) is 12.7 Å². The van der Waals surface area contributed by atoms with Gasteiger partial charge < -0.3 is 5.32 Å². The lowest BCUT2D eigenvalue weighted by atomic mass is 9.93. The summed E-state index contributed by atoms with van der Waals surface area (Å²) < 4.78 is 14.6. The number of nitrogens with zero attached hydrogens (tertiary/aromatic N) is 2. The van der Waals surface area contributed by atoms with Gasteiger partial charge in [-0.15, -0.1) is 0 Å². The van der Waals surface area contributed by atoms with Crippen LogP contribution >= 0.6 is 11.3 Å². The number of halogens is 1. The number of nitrogens with one attached hydrogen (secondary N) is 2. The van der Waals surface area contributed by atoms with Crippen molar-refractivity contribution in [1.82, 2.24) is 15.2 Å². The number of aromatic nitrogens is 3. The minimum Gasteiger partial charge on any atom is -0.357 e. The molecule has 124 valence electrons. The van der Waals surface area contributed by atoms with Gasteiger partial charge in [-0.25, -0.2) is 14.5 Å². The van der Waals surface area contributed by atoms with Crippen molar-refractivity contribution in [1.29, 1.82) is 0 Å². The molecule has 1 aliphatic carbocycles. The second-order valence-electron chi connectivity index (χ2n) is 6.06. The number of hydrogen-bond donors (Lipinski definition) is 2. The van der Waals surface area contributed by atoms with Gasteiger partial charge in [0, 0.05) is 17.7 Å². The maximum absolute atomic E-state index is 13.6. The molecule has 0 unspecified atom stereocenters. The highest BCUT2D eigenvalue weighted by atomic mass is 32.1. The van der Waals surface area contributed by atoms with E-state index in [-0.39, 0.29) is 11.4 Å². The SMILES string of the molecule is Cc1c(F)ccc2sc(NCc3c4c(n[nH]c3=O)CCCC4)nc12. The van der Waals surface area contributed by atoms with Crippen LogP contribution in [0.1, 0.15) is 35.2 Å². The number of fused-ring (bicyclic) bond motifs is 2.